The van der Waals surface area contributed by atoms with E-state index in [4.69, 9.17) is 4.42 Å². The van der Waals surface area contributed by atoms with E-state index in [9.17, 15) is 0 Å². The van der Waals surface area contributed by atoms with Crippen molar-refractivity contribution in [2.45, 2.75) is 69.7 Å². The first kappa shape index (κ1) is 12.2. The molecule has 1 heterocycles. The maximum Gasteiger partial charge on any atom is 0.222 e. The SMILES string of the molecule is CCC1(c2nnc(CCNC3CC3)o2)CCCC1. The molecule has 100 valence electrons. The third-order valence-electron chi connectivity index (χ3n) is 4.51. The smallest absolute Gasteiger partial charge is 0.222 e. The van der Waals surface area contributed by atoms with E-state index < -0.39 is 0 Å². The lowest BCUT2D eigenvalue weighted by atomic mass is 9.83. The molecule has 2 saturated carbocycles. The lowest BCUT2D eigenvalue weighted by Gasteiger charge is -2.22. The van der Waals surface area contributed by atoms with Gasteiger partial charge in [0.2, 0.25) is 11.8 Å². The van der Waals surface area contributed by atoms with Gasteiger partial charge in [0.25, 0.3) is 0 Å². The Morgan fingerprint density at radius 1 is 1.28 bits per heavy atom. The van der Waals surface area contributed by atoms with Crippen LogP contribution in [0.3, 0.4) is 0 Å². The molecule has 1 aromatic heterocycles. The summed E-state index contributed by atoms with van der Waals surface area (Å²) in [6, 6.07) is 0.754. The van der Waals surface area contributed by atoms with Gasteiger partial charge < -0.3 is 9.73 Å². The van der Waals surface area contributed by atoms with E-state index in [-0.39, 0.29) is 5.41 Å². The van der Waals surface area contributed by atoms with Crippen LogP contribution in [0.15, 0.2) is 4.42 Å². The number of hydrogen-bond donors (Lipinski definition) is 1. The van der Waals surface area contributed by atoms with Crippen molar-refractivity contribution in [3.05, 3.63) is 11.8 Å². The number of nitrogens with one attached hydrogen (secondary N) is 1. The maximum absolute atomic E-state index is 5.90. The van der Waals surface area contributed by atoms with E-state index in [1.165, 1.54) is 38.5 Å². The van der Waals surface area contributed by atoms with E-state index >= 15 is 0 Å². The molecule has 0 aromatic carbocycles. The van der Waals surface area contributed by atoms with Crippen LogP contribution >= 0.6 is 0 Å². The first-order valence-electron chi connectivity index (χ1n) is 7.39. The van der Waals surface area contributed by atoms with Crippen LogP contribution in [0.1, 0.15) is 63.7 Å². The van der Waals surface area contributed by atoms with Gasteiger partial charge in [0.05, 0.1) is 0 Å². The van der Waals surface area contributed by atoms with E-state index in [1.54, 1.807) is 0 Å². The topological polar surface area (TPSA) is 51.0 Å². The molecule has 0 spiro atoms. The van der Waals surface area contributed by atoms with Crippen molar-refractivity contribution in [1.29, 1.82) is 0 Å². The summed E-state index contributed by atoms with van der Waals surface area (Å²) in [5.74, 6) is 1.70. The second kappa shape index (κ2) is 5.00. The summed E-state index contributed by atoms with van der Waals surface area (Å²) in [6.45, 7) is 3.20. The van der Waals surface area contributed by atoms with Gasteiger partial charge in [-0.05, 0) is 32.1 Å². The highest BCUT2D eigenvalue weighted by molar-refractivity contribution is 5.06. The predicted octanol–water partition coefficient (Wildman–Crippen LogP) is 2.59. The van der Waals surface area contributed by atoms with Crippen molar-refractivity contribution in [3.8, 4) is 0 Å². The second-order valence-electron chi connectivity index (χ2n) is 5.82. The average Bonchev–Trinajstić information content (AvgIpc) is 2.92. The summed E-state index contributed by atoms with van der Waals surface area (Å²) in [5, 5.41) is 12.0. The molecule has 2 fully saturated rings. The van der Waals surface area contributed by atoms with Gasteiger partial charge in [-0.3, -0.25) is 0 Å². The first-order valence-corrected chi connectivity index (χ1v) is 7.39. The number of rotatable bonds is 6. The van der Waals surface area contributed by atoms with Crippen molar-refractivity contribution in [2.24, 2.45) is 0 Å². The molecule has 0 aliphatic heterocycles. The summed E-state index contributed by atoms with van der Waals surface area (Å²) in [6.07, 6.45) is 9.67. The Bertz CT molecular complexity index is 391. The van der Waals surface area contributed by atoms with Crippen LogP contribution in [0.25, 0.3) is 0 Å². The molecular formula is C14H23N3O. The standard InChI is InChI=1S/C14H23N3O/c1-2-14(8-3-4-9-14)13-17-16-12(18-13)7-10-15-11-5-6-11/h11,15H,2-10H2,1H3. The highest BCUT2D eigenvalue weighted by Gasteiger charge is 2.38. The summed E-state index contributed by atoms with van der Waals surface area (Å²) in [7, 11) is 0. The molecule has 1 N–H and O–H groups in total. The molecule has 3 rings (SSSR count). The zero-order valence-corrected chi connectivity index (χ0v) is 11.2. The van der Waals surface area contributed by atoms with Crippen molar-refractivity contribution in [1.82, 2.24) is 15.5 Å². The van der Waals surface area contributed by atoms with Crippen molar-refractivity contribution in [2.75, 3.05) is 6.54 Å². The molecule has 4 heteroatoms. The van der Waals surface area contributed by atoms with Crippen molar-refractivity contribution >= 4 is 0 Å². The number of aromatic nitrogens is 2. The third kappa shape index (κ3) is 2.44. The Balaban J connectivity index is 1.60. The zero-order chi connectivity index (χ0) is 12.4. The highest BCUT2D eigenvalue weighted by atomic mass is 16.4. The Morgan fingerprint density at radius 2 is 2.06 bits per heavy atom. The molecule has 0 unspecified atom stereocenters. The number of nitrogens with zero attached hydrogens (tertiary/aromatic N) is 2. The van der Waals surface area contributed by atoms with E-state index in [1.807, 2.05) is 0 Å². The van der Waals surface area contributed by atoms with Gasteiger partial charge in [-0.1, -0.05) is 19.8 Å². The van der Waals surface area contributed by atoms with Crippen molar-refractivity contribution < 1.29 is 4.42 Å². The van der Waals surface area contributed by atoms with Crippen LogP contribution in [0.2, 0.25) is 0 Å². The molecular weight excluding hydrogens is 226 g/mol. The fourth-order valence-electron chi connectivity index (χ4n) is 3.01. The monoisotopic (exact) mass is 249 g/mol. The maximum atomic E-state index is 5.90. The second-order valence-corrected chi connectivity index (χ2v) is 5.82. The average molecular weight is 249 g/mol. The molecule has 18 heavy (non-hydrogen) atoms. The quantitative estimate of drug-likeness (QED) is 0.842. The molecule has 0 amide bonds. The minimum atomic E-state index is 0.190. The van der Waals surface area contributed by atoms with Crippen molar-refractivity contribution in [3.63, 3.8) is 0 Å². The molecule has 4 nitrogen and oxygen atoms in total. The summed E-state index contributed by atoms with van der Waals surface area (Å²) in [4.78, 5) is 0. The zero-order valence-electron chi connectivity index (χ0n) is 11.2. The van der Waals surface area contributed by atoms with Gasteiger partial charge in [-0.2, -0.15) is 0 Å². The molecule has 2 aliphatic rings. The Morgan fingerprint density at radius 3 is 2.72 bits per heavy atom. The van der Waals surface area contributed by atoms with Crippen LogP contribution in [-0.2, 0) is 11.8 Å². The minimum absolute atomic E-state index is 0.190. The summed E-state index contributed by atoms with van der Waals surface area (Å²) >= 11 is 0. The Kier molecular flexibility index (Phi) is 3.37. The highest BCUT2D eigenvalue weighted by Crippen LogP contribution is 2.42. The van der Waals surface area contributed by atoms with E-state index in [0.29, 0.717) is 0 Å². The van der Waals surface area contributed by atoms with Gasteiger partial charge in [0.1, 0.15) is 0 Å². The lowest BCUT2D eigenvalue weighted by molar-refractivity contribution is 0.305. The Labute approximate surface area is 109 Å². The van der Waals surface area contributed by atoms with E-state index in [2.05, 4.69) is 22.4 Å². The van der Waals surface area contributed by atoms with Crippen LogP contribution < -0.4 is 5.32 Å². The van der Waals surface area contributed by atoms with Gasteiger partial charge in [0, 0.05) is 24.4 Å². The number of hydrogen-bond acceptors (Lipinski definition) is 4. The van der Waals surface area contributed by atoms with Crippen LogP contribution in [0.5, 0.6) is 0 Å². The predicted molar refractivity (Wildman–Crippen MR) is 69.5 cm³/mol. The van der Waals surface area contributed by atoms with Crippen LogP contribution in [0, 0.1) is 0 Å². The molecule has 0 bridgehead atoms. The molecule has 0 atom stereocenters. The fraction of sp³-hybridized carbons (Fsp3) is 0.857. The normalized spacial score (nSPS) is 22.5. The van der Waals surface area contributed by atoms with Gasteiger partial charge in [-0.15, -0.1) is 10.2 Å². The molecule has 0 radical (unpaired) electrons. The molecule has 2 aliphatic carbocycles. The molecule has 1 aromatic rings. The van der Waals surface area contributed by atoms with Gasteiger partial charge in [-0.25, -0.2) is 0 Å². The molecule has 0 saturated heterocycles. The fourth-order valence-corrected chi connectivity index (χ4v) is 3.01. The third-order valence-corrected chi connectivity index (χ3v) is 4.51. The van der Waals surface area contributed by atoms with Gasteiger partial charge >= 0.3 is 0 Å². The summed E-state index contributed by atoms with van der Waals surface area (Å²) < 4.78 is 5.90. The van der Waals surface area contributed by atoms with Crippen LogP contribution in [-0.4, -0.2) is 22.8 Å². The first-order chi connectivity index (χ1) is 8.82. The van der Waals surface area contributed by atoms with E-state index in [0.717, 1.165) is 37.2 Å². The summed E-state index contributed by atoms with van der Waals surface area (Å²) in [5.41, 5.74) is 0.190. The minimum Gasteiger partial charge on any atom is -0.425 e. The van der Waals surface area contributed by atoms with Gasteiger partial charge in [0.15, 0.2) is 0 Å². The largest absolute Gasteiger partial charge is 0.425 e. The van der Waals surface area contributed by atoms with Crippen LogP contribution in [0.4, 0.5) is 0 Å². The Hall–Kier alpha value is -0.900. The lowest BCUT2D eigenvalue weighted by Crippen LogP contribution is -2.21.